The van der Waals surface area contributed by atoms with E-state index in [2.05, 4.69) is 5.32 Å². The number of halogens is 1. The van der Waals surface area contributed by atoms with Gasteiger partial charge in [-0.1, -0.05) is 37.3 Å². The van der Waals surface area contributed by atoms with E-state index in [1.54, 1.807) is 0 Å². The monoisotopic (exact) mass is 456 g/mol. The van der Waals surface area contributed by atoms with Gasteiger partial charge in [0.1, 0.15) is 18.1 Å². The zero-order valence-corrected chi connectivity index (χ0v) is 18.9. The Kier molecular flexibility index (Phi) is 7.15. The van der Waals surface area contributed by atoms with Crippen molar-refractivity contribution in [1.82, 2.24) is 0 Å². The number of rotatable bonds is 8. The second kappa shape index (κ2) is 9.82. The highest BCUT2D eigenvalue weighted by Gasteiger charge is 2.29. The molecule has 0 spiro atoms. The summed E-state index contributed by atoms with van der Waals surface area (Å²) in [6.07, 6.45) is 0.693. The molecule has 3 aromatic carbocycles. The van der Waals surface area contributed by atoms with Crippen molar-refractivity contribution in [2.45, 2.75) is 25.2 Å². The molecule has 0 bridgehead atoms. The number of carbonyl (C=O) groups excluding carboxylic acids is 1. The summed E-state index contributed by atoms with van der Waals surface area (Å²) in [5, 5.41) is 2.80. The fraction of sp³-hybridized carbons (Fsp3) is 0.208. The van der Waals surface area contributed by atoms with E-state index in [0.29, 0.717) is 17.9 Å². The first kappa shape index (κ1) is 23.3. The van der Waals surface area contributed by atoms with E-state index in [1.165, 1.54) is 49.6 Å². The van der Waals surface area contributed by atoms with Gasteiger partial charge in [0.15, 0.2) is 0 Å². The van der Waals surface area contributed by atoms with Gasteiger partial charge in [-0.15, -0.1) is 0 Å². The smallest absolute Gasteiger partial charge is 0.264 e. The maximum absolute atomic E-state index is 14.6. The molecule has 0 aromatic heterocycles. The fourth-order valence-corrected chi connectivity index (χ4v) is 4.77. The molecule has 0 aliphatic rings. The van der Waals surface area contributed by atoms with Crippen LogP contribution in [0.3, 0.4) is 0 Å². The first-order valence-corrected chi connectivity index (χ1v) is 11.5. The highest BCUT2D eigenvalue weighted by Crippen LogP contribution is 2.28. The van der Waals surface area contributed by atoms with Crippen LogP contribution in [-0.4, -0.2) is 28.0 Å². The lowest BCUT2D eigenvalue weighted by Crippen LogP contribution is -2.38. The summed E-state index contributed by atoms with van der Waals surface area (Å²) in [5.41, 5.74) is 2.20. The van der Waals surface area contributed by atoms with Crippen LogP contribution in [0.1, 0.15) is 18.1 Å². The van der Waals surface area contributed by atoms with Gasteiger partial charge in [0.05, 0.1) is 17.7 Å². The number of hydrogen-bond acceptors (Lipinski definition) is 4. The number of benzene rings is 3. The molecule has 3 rings (SSSR count). The Balaban J connectivity index is 1.99. The van der Waals surface area contributed by atoms with Gasteiger partial charge in [-0.2, -0.15) is 0 Å². The van der Waals surface area contributed by atoms with Gasteiger partial charge in [-0.25, -0.2) is 12.8 Å². The maximum Gasteiger partial charge on any atom is 0.264 e. The third kappa shape index (κ3) is 4.91. The van der Waals surface area contributed by atoms with Crippen molar-refractivity contribution in [3.8, 4) is 5.75 Å². The Labute approximate surface area is 187 Å². The maximum atomic E-state index is 14.6. The Morgan fingerprint density at radius 2 is 1.72 bits per heavy atom. The van der Waals surface area contributed by atoms with Gasteiger partial charge in [-0.05, 0) is 60.9 Å². The number of nitrogens with zero attached hydrogens (tertiary/aromatic N) is 1. The molecule has 8 heteroatoms. The van der Waals surface area contributed by atoms with Crippen molar-refractivity contribution < 1.29 is 22.3 Å². The minimum absolute atomic E-state index is 0.0838. The first-order valence-electron chi connectivity index (χ1n) is 10.1. The Bertz CT molecular complexity index is 1210. The number of nitrogens with one attached hydrogen (secondary N) is 1. The normalized spacial score (nSPS) is 11.1. The van der Waals surface area contributed by atoms with Gasteiger partial charge < -0.3 is 10.1 Å². The molecule has 0 radical (unpaired) electrons. The number of sulfonamides is 1. The average molecular weight is 457 g/mol. The van der Waals surface area contributed by atoms with Crippen LogP contribution in [0, 0.1) is 12.7 Å². The van der Waals surface area contributed by atoms with Gasteiger partial charge >= 0.3 is 0 Å². The predicted molar refractivity (Wildman–Crippen MR) is 123 cm³/mol. The topological polar surface area (TPSA) is 75.7 Å². The van der Waals surface area contributed by atoms with E-state index in [9.17, 15) is 17.6 Å². The number of carbonyl (C=O) groups is 1. The van der Waals surface area contributed by atoms with Gasteiger partial charge in [0.25, 0.3) is 10.0 Å². The molecule has 168 valence electrons. The molecule has 0 aliphatic heterocycles. The molecule has 0 aliphatic carbocycles. The van der Waals surface area contributed by atoms with Crippen molar-refractivity contribution >= 4 is 27.3 Å². The van der Waals surface area contributed by atoms with Crippen LogP contribution in [-0.2, 0) is 21.2 Å². The summed E-state index contributed by atoms with van der Waals surface area (Å²) in [6, 6.07) is 16.8. The lowest BCUT2D eigenvalue weighted by Gasteiger charge is -2.25. The Morgan fingerprint density at radius 1 is 1.03 bits per heavy atom. The molecule has 0 saturated carbocycles. The van der Waals surface area contributed by atoms with Gasteiger partial charge in [0.2, 0.25) is 5.91 Å². The zero-order valence-electron chi connectivity index (χ0n) is 18.1. The van der Waals surface area contributed by atoms with E-state index in [-0.39, 0.29) is 10.6 Å². The highest BCUT2D eigenvalue weighted by molar-refractivity contribution is 7.92. The van der Waals surface area contributed by atoms with Crippen molar-refractivity contribution in [1.29, 1.82) is 0 Å². The number of aryl methyl sites for hydroxylation is 2. The largest absolute Gasteiger partial charge is 0.497 e. The second-order valence-electron chi connectivity index (χ2n) is 7.15. The Hall–Kier alpha value is -3.39. The van der Waals surface area contributed by atoms with Crippen LogP contribution in [0.15, 0.2) is 71.6 Å². The SMILES string of the molecule is CCc1cccc(C)c1NC(=O)CN(c1ccccc1F)S(=O)(=O)c1ccc(OC)cc1. The summed E-state index contributed by atoms with van der Waals surface area (Å²) in [5.74, 6) is -0.845. The molecule has 0 saturated heterocycles. The molecule has 3 aromatic rings. The summed E-state index contributed by atoms with van der Waals surface area (Å²) in [4.78, 5) is 12.9. The van der Waals surface area contributed by atoms with Crippen LogP contribution < -0.4 is 14.4 Å². The fourth-order valence-electron chi connectivity index (χ4n) is 3.34. The standard InChI is InChI=1S/C24H25FN2O4S/c1-4-18-9-7-8-17(2)24(18)26-23(28)16-27(22-11-6-5-10-21(22)25)32(29,30)20-14-12-19(31-3)13-15-20/h5-15H,4,16H2,1-3H3,(H,26,28). The third-order valence-electron chi connectivity index (χ3n) is 5.06. The minimum atomic E-state index is -4.24. The van der Waals surface area contributed by atoms with Crippen molar-refractivity contribution in [3.05, 3.63) is 83.7 Å². The van der Waals surface area contributed by atoms with Crippen molar-refractivity contribution in [3.63, 3.8) is 0 Å². The van der Waals surface area contributed by atoms with Crippen LogP contribution in [0.5, 0.6) is 5.75 Å². The van der Waals surface area contributed by atoms with Gasteiger partial charge in [-0.3, -0.25) is 9.10 Å². The average Bonchev–Trinajstić information content (AvgIpc) is 2.79. The number of ether oxygens (including phenoxy) is 1. The highest BCUT2D eigenvalue weighted by atomic mass is 32.2. The number of para-hydroxylation sites is 2. The number of amides is 1. The van der Waals surface area contributed by atoms with E-state index in [4.69, 9.17) is 4.74 Å². The van der Waals surface area contributed by atoms with E-state index < -0.39 is 28.3 Å². The molecule has 0 heterocycles. The number of anilines is 2. The second-order valence-corrected chi connectivity index (χ2v) is 9.01. The van der Waals surface area contributed by atoms with Crippen LogP contribution in [0.25, 0.3) is 0 Å². The molecule has 0 fully saturated rings. The van der Waals surface area contributed by atoms with E-state index in [0.717, 1.165) is 21.5 Å². The van der Waals surface area contributed by atoms with Gasteiger partial charge in [0, 0.05) is 5.69 Å². The van der Waals surface area contributed by atoms with Crippen LogP contribution in [0.4, 0.5) is 15.8 Å². The number of methoxy groups -OCH3 is 1. The molecule has 1 amide bonds. The zero-order chi connectivity index (χ0) is 23.3. The Morgan fingerprint density at radius 3 is 2.34 bits per heavy atom. The summed E-state index contributed by atoms with van der Waals surface area (Å²) < 4.78 is 47.3. The quantitative estimate of drug-likeness (QED) is 0.540. The predicted octanol–water partition coefficient (Wildman–Crippen LogP) is 4.54. The van der Waals surface area contributed by atoms with E-state index >= 15 is 0 Å². The molecule has 0 unspecified atom stereocenters. The first-order chi connectivity index (χ1) is 15.3. The third-order valence-corrected chi connectivity index (χ3v) is 6.83. The molecular formula is C24H25FN2O4S. The van der Waals surface area contributed by atoms with Crippen molar-refractivity contribution in [2.24, 2.45) is 0 Å². The number of hydrogen-bond donors (Lipinski definition) is 1. The van der Waals surface area contributed by atoms with E-state index in [1.807, 2.05) is 32.0 Å². The molecule has 32 heavy (non-hydrogen) atoms. The minimum Gasteiger partial charge on any atom is -0.497 e. The summed E-state index contributed by atoms with van der Waals surface area (Å²) in [7, 11) is -2.77. The van der Waals surface area contributed by atoms with Crippen LogP contribution in [0.2, 0.25) is 0 Å². The summed E-state index contributed by atoms with van der Waals surface area (Å²) >= 11 is 0. The lowest BCUT2D eigenvalue weighted by atomic mass is 10.1. The molecular weight excluding hydrogens is 431 g/mol. The van der Waals surface area contributed by atoms with Crippen LogP contribution >= 0.6 is 0 Å². The molecule has 1 N–H and O–H groups in total. The lowest BCUT2D eigenvalue weighted by molar-refractivity contribution is -0.114. The molecule has 0 atom stereocenters. The molecule has 6 nitrogen and oxygen atoms in total. The summed E-state index contributed by atoms with van der Waals surface area (Å²) in [6.45, 7) is 3.23. The van der Waals surface area contributed by atoms with Crippen molar-refractivity contribution in [2.75, 3.05) is 23.3 Å².